The van der Waals surface area contributed by atoms with Gasteiger partial charge < -0.3 is 4.90 Å². The van der Waals surface area contributed by atoms with Gasteiger partial charge in [0.05, 0.1) is 10.9 Å². The Hall–Kier alpha value is -2.78. The fraction of sp³-hybridized carbons (Fsp3) is 0.350. The molecule has 2 aromatic heterocycles. The van der Waals surface area contributed by atoms with Gasteiger partial charge in [0.25, 0.3) is 0 Å². The summed E-state index contributed by atoms with van der Waals surface area (Å²) in [4.78, 5) is 14.8. The summed E-state index contributed by atoms with van der Waals surface area (Å²) in [5, 5.41) is 8.52. The highest BCUT2D eigenvalue weighted by molar-refractivity contribution is 7.89. The van der Waals surface area contributed by atoms with Crippen molar-refractivity contribution in [3.63, 3.8) is 0 Å². The minimum atomic E-state index is -3.75. The maximum atomic E-state index is 12.9. The molecule has 0 aliphatic carbocycles. The fourth-order valence-corrected chi connectivity index (χ4v) is 4.97. The van der Waals surface area contributed by atoms with E-state index in [4.69, 9.17) is 0 Å². The molecule has 1 aliphatic rings. The quantitative estimate of drug-likeness (QED) is 0.688. The van der Waals surface area contributed by atoms with Gasteiger partial charge in [0, 0.05) is 25.2 Å². The highest BCUT2D eigenvalue weighted by Gasteiger charge is 2.31. The molecule has 29 heavy (non-hydrogen) atoms. The number of hydrogen-bond acceptors (Lipinski definition) is 5. The van der Waals surface area contributed by atoms with E-state index in [0.29, 0.717) is 13.1 Å². The number of carbonyl (C=O) groups excluding carboxylic acids is 1. The molecule has 0 bridgehead atoms. The SMILES string of the molecule is C[C@H](NS(=O)(=O)c1ccccc1)C(=O)N1CCC[C@H](c2nnc3ccccn23)C1. The number of rotatable bonds is 5. The lowest BCUT2D eigenvalue weighted by Gasteiger charge is -2.33. The predicted molar refractivity (Wildman–Crippen MR) is 108 cm³/mol. The van der Waals surface area contributed by atoms with E-state index < -0.39 is 16.1 Å². The van der Waals surface area contributed by atoms with Crippen molar-refractivity contribution in [1.82, 2.24) is 24.2 Å². The van der Waals surface area contributed by atoms with E-state index in [0.717, 1.165) is 24.3 Å². The summed E-state index contributed by atoms with van der Waals surface area (Å²) in [7, 11) is -3.75. The molecule has 4 rings (SSSR count). The number of fused-ring (bicyclic) bond motifs is 1. The molecule has 3 heterocycles. The molecule has 3 aromatic rings. The van der Waals surface area contributed by atoms with Crippen molar-refractivity contribution in [2.75, 3.05) is 13.1 Å². The van der Waals surface area contributed by atoms with Crippen molar-refractivity contribution in [3.05, 3.63) is 60.6 Å². The molecule has 152 valence electrons. The van der Waals surface area contributed by atoms with Crippen molar-refractivity contribution >= 4 is 21.6 Å². The van der Waals surface area contributed by atoms with Crippen LogP contribution in [0.3, 0.4) is 0 Å². The summed E-state index contributed by atoms with van der Waals surface area (Å²) < 4.78 is 29.5. The summed E-state index contributed by atoms with van der Waals surface area (Å²) in [6.45, 7) is 2.67. The zero-order valence-electron chi connectivity index (χ0n) is 16.1. The molecule has 1 N–H and O–H groups in total. The number of sulfonamides is 1. The first kappa shape index (κ1) is 19.5. The van der Waals surface area contributed by atoms with Crippen molar-refractivity contribution in [2.24, 2.45) is 0 Å². The Morgan fingerprint density at radius 3 is 2.69 bits per heavy atom. The number of pyridine rings is 1. The Kier molecular flexibility index (Phi) is 5.33. The number of hydrogen-bond donors (Lipinski definition) is 1. The topological polar surface area (TPSA) is 96.7 Å². The molecule has 0 unspecified atom stereocenters. The highest BCUT2D eigenvalue weighted by atomic mass is 32.2. The smallest absolute Gasteiger partial charge is 0.241 e. The van der Waals surface area contributed by atoms with Gasteiger partial charge in [-0.25, -0.2) is 8.42 Å². The first-order chi connectivity index (χ1) is 14.0. The second-order valence-electron chi connectivity index (χ2n) is 7.27. The molecule has 0 radical (unpaired) electrons. The van der Waals surface area contributed by atoms with E-state index in [2.05, 4.69) is 14.9 Å². The average Bonchev–Trinajstić information content (AvgIpc) is 3.18. The third-order valence-corrected chi connectivity index (χ3v) is 6.75. The largest absolute Gasteiger partial charge is 0.341 e. The van der Waals surface area contributed by atoms with Crippen molar-refractivity contribution in [1.29, 1.82) is 0 Å². The molecular weight excluding hydrogens is 390 g/mol. The molecule has 1 fully saturated rings. The average molecular weight is 414 g/mol. The molecule has 1 aromatic carbocycles. The molecule has 2 atom stereocenters. The summed E-state index contributed by atoms with van der Waals surface area (Å²) in [5.41, 5.74) is 0.773. The Morgan fingerprint density at radius 1 is 1.14 bits per heavy atom. The molecule has 8 nitrogen and oxygen atoms in total. The molecule has 0 saturated carbocycles. The van der Waals surface area contributed by atoms with Gasteiger partial charge in [-0.05, 0) is 44.0 Å². The summed E-state index contributed by atoms with van der Waals surface area (Å²) >= 11 is 0. The lowest BCUT2D eigenvalue weighted by atomic mass is 9.96. The molecule has 1 saturated heterocycles. The van der Waals surface area contributed by atoms with E-state index >= 15 is 0 Å². The Morgan fingerprint density at radius 2 is 1.90 bits per heavy atom. The van der Waals surface area contributed by atoms with Crippen molar-refractivity contribution in [3.8, 4) is 0 Å². The molecule has 1 amide bonds. The standard InChI is InChI=1S/C20H23N5O3S/c1-15(23-29(27,28)17-9-3-2-4-10-17)20(26)24-12-7-8-16(14-24)19-22-21-18-11-5-6-13-25(18)19/h2-6,9-11,13,15-16,23H,7-8,12,14H2,1H3/t15-,16-/m0/s1. The maximum absolute atomic E-state index is 12.9. The van der Waals surface area contributed by atoms with Crippen LogP contribution >= 0.6 is 0 Å². The van der Waals surface area contributed by atoms with Gasteiger partial charge in [0.2, 0.25) is 15.9 Å². The molecule has 1 aliphatic heterocycles. The summed E-state index contributed by atoms with van der Waals surface area (Å²) in [6, 6.07) is 12.9. The minimum absolute atomic E-state index is 0.0584. The number of benzene rings is 1. The van der Waals surface area contributed by atoms with Crippen LogP contribution in [0.4, 0.5) is 0 Å². The molecule has 9 heteroatoms. The van der Waals surface area contributed by atoms with Gasteiger partial charge in [0.15, 0.2) is 5.65 Å². The molecular formula is C20H23N5O3S. The predicted octanol–water partition coefficient (Wildman–Crippen LogP) is 1.80. The zero-order valence-corrected chi connectivity index (χ0v) is 16.9. The van der Waals surface area contributed by atoms with Crippen molar-refractivity contribution in [2.45, 2.75) is 36.6 Å². The number of aromatic nitrogens is 3. The van der Waals surface area contributed by atoms with Gasteiger partial charge in [-0.1, -0.05) is 24.3 Å². The third kappa shape index (κ3) is 4.01. The van der Waals surface area contributed by atoms with E-state index in [1.807, 2.05) is 28.8 Å². The summed E-state index contributed by atoms with van der Waals surface area (Å²) in [6.07, 6.45) is 3.65. The second kappa shape index (κ2) is 7.92. The van der Waals surface area contributed by atoms with Gasteiger partial charge in [-0.15, -0.1) is 10.2 Å². The monoisotopic (exact) mass is 413 g/mol. The number of nitrogens with one attached hydrogen (secondary N) is 1. The zero-order chi connectivity index (χ0) is 20.4. The first-order valence-corrected chi connectivity index (χ1v) is 11.1. The third-order valence-electron chi connectivity index (χ3n) is 5.19. The van der Waals surface area contributed by atoms with Crippen LogP contribution in [0.25, 0.3) is 5.65 Å². The van der Waals surface area contributed by atoms with Gasteiger partial charge in [-0.3, -0.25) is 9.20 Å². The van der Waals surface area contributed by atoms with E-state index in [-0.39, 0.29) is 16.7 Å². The fourth-order valence-electron chi connectivity index (χ4n) is 3.75. The Bertz CT molecular complexity index is 1110. The maximum Gasteiger partial charge on any atom is 0.241 e. The number of amides is 1. The van der Waals surface area contributed by atoms with Crippen LogP contribution in [-0.2, 0) is 14.8 Å². The van der Waals surface area contributed by atoms with Crippen LogP contribution in [0, 0.1) is 0 Å². The first-order valence-electron chi connectivity index (χ1n) is 9.61. The van der Waals surface area contributed by atoms with Gasteiger partial charge in [0.1, 0.15) is 5.82 Å². The Labute approximate surface area is 169 Å². The van der Waals surface area contributed by atoms with E-state index in [1.54, 1.807) is 30.0 Å². The minimum Gasteiger partial charge on any atom is -0.341 e. The number of likely N-dealkylation sites (tertiary alicyclic amines) is 1. The number of carbonyl (C=O) groups is 1. The number of nitrogens with zero attached hydrogens (tertiary/aromatic N) is 4. The van der Waals surface area contributed by atoms with Crippen LogP contribution in [0.5, 0.6) is 0 Å². The second-order valence-corrected chi connectivity index (χ2v) is 8.98. The van der Waals surface area contributed by atoms with Crippen LogP contribution in [-0.4, -0.2) is 53.0 Å². The van der Waals surface area contributed by atoms with Crippen LogP contribution in [0.2, 0.25) is 0 Å². The van der Waals surface area contributed by atoms with Gasteiger partial charge in [-0.2, -0.15) is 4.72 Å². The normalized spacial score (nSPS) is 18.7. The lowest BCUT2D eigenvalue weighted by Crippen LogP contribution is -2.49. The summed E-state index contributed by atoms with van der Waals surface area (Å²) in [5.74, 6) is 0.654. The highest BCUT2D eigenvalue weighted by Crippen LogP contribution is 2.26. The van der Waals surface area contributed by atoms with Crippen molar-refractivity contribution < 1.29 is 13.2 Å². The lowest BCUT2D eigenvalue weighted by molar-refractivity contribution is -0.133. The Balaban J connectivity index is 1.47. The van der Waals surface area contributed by atoms with Gasteiger partial charge >= 0.3 is 0 Å². The van der Waals surface area contributed by atoms with E-state index in [9.17, 15) is 13.2 Å². The molecule has 0 spiro atoms. The van der Waals surface area contributed by atoms with Crippen LogP contribution in [0.1, 0.15) is 31.5 Å². The van der Waals surface area contributed by atoms with Crippen LogP contribution < -0.4 is 4.72 Å². The van der Waals surface area contributed by atoms with E-state index in [1.165, 1.54) is 12.1 Å². The number of piperidine rings is 1. The van der Waals surface area contributed by atoms with Crippen LogP contribution in [0.15, 0.2) is 59.6 Å².